The lowest BCUT2D eigenvalue weighted by molar-refractivity contribution is -0.137. The Kier molecular flexibility index (Phi) is 5.42. The molecule has 29 heavy (non-hydrogen) atoms. The number of carboxylic acid groups (broad SMARTS) is 1. The maximum absolute atomic E-state index is 12.8. The summed E-state index contributed by atoms with van der Waals surface area (Å²) >= 11 is 0. The molecule has 1 aromatic heterocycles. The van der Waals surface area contributed by atoms with E-state index in [4.69, 9.17) is 9.52 Å². The van der Waals surface area contributed by atoms with Crippen LogP contribution in [0.3, 0.4) is 0 Å². The molecule has 3 rings (SSSR count). The number of halogens is 3. The van der Waals surface area contributed by atoms with Crippen molar-refractivity contribution in [2.24, 2.45) is 0 Å². The van der Waals surface area contributed by atoms with E-state index in [1.54, 1.807) is 0 Å². The van der Waals surface area contributed by atoms with Gasteiger partial charge in [0.15, 0.2) is 0 Å². The molecule has 0 fully saturated rings. The van der Waals surface area contributed by atoms with E-state index in [-0.39, 0.29) is 29.2 Å². The maximum Gasteiger partial charge on any atom is 0.416 e. The number of hydrogen-bond donors (Lipinski definition) is 2. The molecule has 0 radical (unpaired) electrons. The van der Waals surface area contributed by atoms with Crippen molar-refractivity contribution in [3.05, 3.63) is 64.9 Å². The van der Waals surface area contributed by atoms with Crippen molar-refractivity contribution < 1.29 is 35.9 Å². The van der Waals surface area contributed by atoms with Gasteiger partial charge in [0.05, 0.1) is 10.5 Å². The third-order valence-corrected chi connectivity index (χ3v) is 5.83. The fraction of sp³-hybridized carbons (Fsp3) is 0.211. The van der Waals surface area contributed by atoms with Crippen LogP contribution in [0, 0.1) is 6.92 Å². The van der Waals surface area contributed by atoms with Crippen LogP contribution >= 0.6 is 0 Å². The molecule has 0 aliphatic carbocycles. The van der Waals surface area contributed by atoms with E-state index in [0.717, 1.165) is 12.1 Å². The third kappa shape index (κ3) is 4.43. The van der Waals surface area contributed by atoms with Crippen LogP contribution in [0.2, 0.25) is 0 Å². The largest absolute Gasteiger partial charge is 0.475 e. The number of nitrogens with one attached hydrogen (secondary N) is 1. The summed E-state index contributed by atoms with van der Waals surface area (Å²) in [4.78, 5) is 11.0. The van der Waals surface area contributed by atoms with Crippen molar-refractivity contribution in [3.63, 3.8) is 0 Å². The van der Waals surface area contributed by atoms with Gasteiger partial charge in [0.25, 0.3) is 0 Å². The summed E-state index contributed by atoms with van der Waals surface area (Å²) in [5.41, 5.74) is 0.0825. The average Bonchev–Trinajstić information content (AvgIpc) is 2.98. The van der Waals surface area contributed by atoms with Crippen molar-refractivity contribution in [1.29, 1.82) is 0 Å². The molecule has 1 heterocycles. The molecule has 154 valence electrons. The van der Waals surface area contributed by atoms with Gasteiger partial charge in [0, 0.05) is 17.5 Å². The molecular weight excluding hydrogens is 411 g/mol. The fourth-order valence-corrected chi connectivity index (χ4v) is 3.95. The molecule has 0 bridgehead atoms. The van der Waals surface area contributed by atoms with Crippen molar-refractivity contribution in [2.75, 3.05) is 6.54 Å². The van der Waals surface area contributed by atoms with Crippen LogP contribution in [-0.4, -0.2) is 26.0 Å². The Labute approximate surface area is 164 Å². The van der Waals surface area contributed by atoms with E-state index in [1.165, 1.54) is 37.3 Å². The summed E-state index contributed by atoms with van der Waals surface area (Å²) in [6.45, 7) is 1.40. The number of furan rings is 1. The highest BCUT2D eigenvalue weighted by Crippen LogP contribution is 2.30. The lowest BCUT2D eigenvalue weighted by Gasteiger charge is -2.10. The van der Waals surface area contributed by atoms with E-state index in [9.17, 15) is 26.4 Å². The van der Waals surface area contributed by atoms with E-state index in [0.29, 0.717) is 16.5 Å². The Morgan fingerprint density at radius 3 is 2.55 bits per heavy atom. The Bertz CT molecular complexity index is 1180. The van der Waals surface area contributed by atoms with E-state index < -0.39 is 27.7 Å². The SMILES string of the molecule is Cc1c(C(=O)O)oc2ccc(S(=O)(=O)NCCc3cccc(C(F)(F)F)c3)cc12. The lowest BCUT2D eigenvalue weighted by atomic mass is 10.1. The first kappa shape index (κ1) is 20.9. The molecular formula is C19H16F3NO5S. The number of alkyl halides is 3. The zero-order chi connectivity index (χ0) is 21.4. The zero-order valence-electron chi connectivity index (χ0n) is 15.1. The molecule has 6 nitrogen and oxygen atoms in total. The first-order valence-corrected chi connectivity index (χ1v) is 9.89. The van der Waals surface area contributed by atoms with Gasteiger partial charge in [-0.2, -0.15) is 13.2 Å². The predicted octanol–water partition coefficient (Wildman–Crippen LogP) is 3.98. The second-order valence-electron chi connectivity index (χ2n) is 6.37. The van der Waals surface area contributed by atoms with Gasteiger partial charge in [-0.15, -0.1) is 0 Å². The van der Waals surface area contributed by atoms with Crippen LogP contribution in [0.1, 0.15) is 27.2 Å². The smallest absolute Gasteiger partial charge is 0.416 e. The minimum Gasteiger partial charge on any atom is -0.475 e. The van der Waals surface area contributed by atoms with Crippen LogP contribution in [0.15, 0.2) is 51.8 Å². The molecule has 10 heteroatoms. The quantitative estimate of drug-likeness (QED) is 0.620. The molecule has 2 N–H and O–H groups in total. The number of rotatable bonds is 6. The van der Waals surface area contributed by atoms with Gasteiger partial charge in [0.1, 0.15) is 5.58 Å². The van der Waals surface area contributed by atoms with E-state index >= 15 is 0 Å². The second kappa shape index (κ2) is 7.53. The number of aryl methyl sites for hydroxylation is 1. The highest BCUT2D eigenvalue weighted by molar-refractivity contribution is 7.89. The Morgan fingerprint density at radius 2 is 1.90 bits per heavy atom. The molecule has 3 aromatic rings. The zero-order valence-corrected chi connectivity index (χ0v) is 15.9. The number of benzene rings is 2. The van der Waals surface area contributed by atoms with Crippen molar-refractivity contribution in [3.8, 4) is 0 Å². The van der Waals surface area contributed by atoms with Crippen molar-refractivity contribution in [1.82, 2.24) is 4.72 Å². The summed E-state index contributed by atoms with van der Waals surface area (Å²) in [6, 6.07) is 8.59. The molecule has 2 aromatic carbocycles. The number of fused-ring (bicyclic) bond motifs is 1. The Balaban J connectivity index is 1.76. The molecule has 0 amide bonds. The number of sulfonamides is 1. The standard InChI is InChI=1S/C19H16F3NO5S/c1-11-15-10-14(5-6-16(15)28-17(11)18(24)25)29(26,27)23-8-7-12-3-2-4-13(9-12)19(20,21)22/h2-6,9-10,23H,7-8H2,1H3,(H,24,25). The van der Waals surface area contributed by atoms with Crippen molar-refractivity contribution in [2.45, 2.75) is 24.4 Å². The topological polar surface area (TPSA) is 96.6 Å². The molecule has 0 saturated heterocycles. The lowest BCUT2D eigenvalue weighted by Crippen LogP contribution is -2.26. The van der Waals surface area contributed by atoms with Gasteiger partial charge in [-0.25, -0.2) is 17.9 Å². The third-order valence-electron chi connectivity index (χ3n) is 4.37. The van der Waals surface area contributed by atoms with Gasteiger partial charge < -0.3 is 9.52 Å². The van der Waals surface area contributed by atoms with Crippen LogP contribution in [0.4, 0.5) is 13.2 Å². The first-order valence-electron chi connectivity index (χ1n) is 8.41. The van der Waals surface area contributed by atoms with Gasteiger partial charge in [0.2, 0.25) is 15.8 Å². The molecule has 0 aliphatic heterocycles. The monoisotopic (exact) mass is 427 g/mol. The second-order valence-corrected chi connectivity index (χ2v) is 8.13. The maximum atomic E-state index is 12.8. The summed E-state index contributed by atoms with van der Waals surface area (Å²) in [7, 11) is -3.95. The van der Waals surface area contributed by atoms with E-state index in [2.05, 4.69) is 4.72 Å². The predicted molar refractivity (Wildman–Crippen MR) is 98.2 cm³/mol. The van der Waals surface area contributed by atoms with E-state index in [1.807, 2.05) is 0 Å². The van der Waals surface area contributed by atoms with Gasteiger partial charge in [-0.1, -0.05) is 18.2 Å². The van der Waals surface area contributed by atoms with Crippen molar-refractivity contribution >= 4 is 27.0 Å². The average molecular weight is 427 g/mol. The number of aromatic carboxylic acids is 1. The van der Waals surface area contributed by atoms with Crippen LogP contribution in [0.5, 0.6) is 0 Å². The highest BCUT2D eigenvalue weighted by atomic mass is 32.2. The van der Waals surface area contributed by atoms with Gasteiger partial charge in [-0.05, 0) is 43.2 Å². The Hall–Kier alpha value is -2.85. The minimum atomic E-state index is -4.47. The summed E-state index contributed by atoms with van der Waals surface area (Å²) in [5.74, 6) is -1.53. The van der Waals surface area contributed by atoms with Gasteiger partial charge >= 0.3 is 12.1 Å². The normalized spacial score (nSPS) is 12.4. The first-order chi connectivity index (χ1) is 13.5. The summed E-state index contributed by atoms with van der Waals surface area (Å²) in [6.07, 6.45) is -4.40. The minimum absolute atomic E-state index is 0.0687. The number of hydrogen-bond acceptors (Lipinski definition) is 4. The molecule has 0 saturated carbocycles. The molecule has 0 aliphatic rings. The Morgan fingerprint density at radius 1 is 1.17 bits per heavy atom. The number of carbonyl (C=O) groups is 1. The fourth-order valence-electron chi connectivity index (χ4n) is 2.89. The molecule has 0 unspecified atom stereocenters. The van der Waals surface area contributed by atoms with Crippen LogP contribution < -0.4 is 4.72 Å². The number of carboxylic acids is 1. The summed E-state index contributed by atoms with van der Waals surface area (Å²) in [5, 5.41) is 9.45. The van der Waals surface area contributed by atoms with Crippen LogP contribution in [-0.2, 0) is 22.6 Å². The summed E-state index contributed by atoms with van der Waals surface area (Å²) < 4.78 is 70.8. The molecule has 0 spiro atoms. The van der Waals surface area contributed by atoms with Crippen LogP contribution in [0.25, 0.3) is 11.0 Å². The molecule has 0 atom stereocenters. The van der Waals surface area contributed by atoms with Gasteiger partial charge in [-0.3, -0.25) is 0 Å². The highest BCUT2D eigenvalue weighted by Gasteiger charge is 2.30.